The molecule has 0 saturated heterocycles. The zero-order valence-electron chi connectivity index (χ0n) is 15.6. The molecule has 0 fully saturated rings. The fourth-order valence-corrected chi connectivity index (χ4v) is 4.40. The Morgan fingerprint density at radius 1 is 1.11 bits per heavy atom. The molecule has 0 radical (unpaired) electrons. The van der Waals surface area contributed by atoms with Crippen molar-refractivity contribution in [3.05, 3.63) is 67.2 Å². The normalized spacial score (nSPS) is 12.9. The molecule has 4 rings (SSSR count). The highest BCUT2D eigenvalue weighted by atomic mass is 32.1. The largest absolute Gasteiger partial charge is 0.461 e. The molecule has 2 heterocycles. The molecule has 0 aliphatic heterocycles. The Morgan fingerprint density at radius 3 is 2.64 bits per heavy atom. The van der Waals surface area contributed by atoms with Crippen LogP contribution in [0.2, 0.25) is 0 Å². The minimum Gasteiger partial charge on any atom is -0.461 e. The maximum atomic E-state index is 12.1. The van der Waals surface area contributed by atoms with Gasteiger partial charge in [-0.05, 0) is 61.6 Å². The van der Waals surface area contributed by atoms with Gasteiger partial charge in [0.2, 0.25) is 0 Å². The highest BCUT2D eigenvalue weighted by Crippen LogP contribution is 2.28. The summed E-state index contributed by atoms with van der Waals surface area (Å²) in [6.07, 6.45) is 3.23. The van der Waals surface area contributed by atoms with E-state index in [-0.39, 0.29) is 25.2 Å². The van der Waals surface area contributed by atoms with E-state index in [0.717, 1.165) is 29.5 Å². The third-order valence-electron chi connectivity index (χ3n) is 5.00. The highest BCUT2D eigenvalue weighted by Gasteiger charge is 2.16. The summed E-state index contributed by atoms with van der Waals surface area (Å²) in [4.78, 5) is 37.8. The molecular formula is C22H20O5S. The SMILES string of the molecule is Cc1ccc(C(=O)CCC(=O)OCc2cc(=O)oc3cc4c(cc23)CCC4)s1. The van der Waals surface area contributed by atoms with Crippen molar-refractivity contribution in [3.63, 3.8) is 0 Å². The topological polar surface area (TPSA) is 73.6 Å². The molecule has 0 saturated carbocycles. The molecule has 28 heavy (non-hydrogen) atoms. The van der Waals surface area contributed by atoms with Gasteiger partial charge in [-0.15, -0.1) is 11.3 Å². The van der Waals surface area contributed by atoms with E-state index in [1.807, 2.05) is 25.1 Å². The van der Waals surface area contributed by atoms with Crippen LogP contribution < -0.4 is 5.63 Å². The minimum absolute atomic E-state index is 0.00792. The smallest absolute Gasteiger partial charge is 0.336 e. The summed E-state index contributed by atoms with van der Waals surface area (Å²) in [5.74, 6) is -0.513. The number of benzene rings is 1. The first-order valence-electron chi connectivity index (χ1n) is 9.33. The number of hydrogen-bond acceptors (Lipinski definition) is 6. The van der Waals surface area contributed by atoms with Gasteiger partial charge in [-0.2, -0.15) is 0 Å². The average molecular weight is 396 g/mol. The van der Waals surface area contributed by atoms with Gasteiger partial charge in [0.05, 0.1) is 11.3 Å². The molecule has 0 bridgehead atoms. The van der Waals surface area contributed by atoms with Crippen LogP contribution in [0.5, 0.6) is 0 Å². The van der Waals surface area contributed by atoms with Gasteiger partial charge in [-0.1, -0.05) is 0 Å². The first-order valence-corrected chi connectivity index (χ1v) is 10.1. The Bertz CT molecular complexity index is 1120. The highest BCUT2D eigenvalue weighted by molar-refractivity contribution is 7.14. The second-order valence-electron chi connectivity index (χ2n) is 7.06. The number of fused-ring (bicyclic) bond motifs is 2. The second-order valence-corrected chi connectivity index (χ2v) is 8.34. The van der Waals surface area contributed by atoms with E-state index in [4.69, 9.17) is 9.15 Å². The van der Waals surface area contributed by atoms with Gasteiger partial charge in [0.1, 0.15) is 12.2 Å². The fraction of sp³-hybridized carbons (Fsp3) is 0.318. The van der Waals surface area contributed by atoms with Crippen molar-refractivity contribution in [3.8, 4) is 0 Å². The van der Waals surface area contributed by atoms with E-state index in [2.05, 4.69) is 0 Å². The van der Waals surface area contributed by atoms with Crippen LogP contribution in [0.1, 0.15) is 50.5 Å². The molecule has 0 atom stereocenters. The Morgan fingerprint density at radius 2 is 1.89 bits per heavy atom. The lowest BCUT2D eigenvalue weighted by atomic mass is 10.0. The molecule has 144 valence electrons. The maximum absolute atomic E-state index is 12.1. The predicted octanol–water partition coefficient (Wildman–Crippen LogP) is 4.36. The first-order chi connectivity index (χ1) is 13.5. The summed E-state index contributed by atoms with van der Waals surface area (Å²) in [6, 6.07) is 9.00. The summed E-state index contributed by atoms with van der Waals surface area (Å²) in [5, 5.41) is 0.804. The quantitative estimate of drug-likeness (QED) is 0.352. The van der Waals surface area contributed by atoms with Crippen molar-refractivity contribution in [2.24, 2.45) is 0 Å². The zero-order chi connectivity index (χ0) is 19.7. The molecule has 1 aliphatic carbocycles. The molecule has 0 spiro atoms. The maximum Gasteiger partial charge on any atom is 0.336 e. The van der Waals surface area contributed by atoms with E-state index in [1.165, 1.54) is 28.5 Å². The van der Waals surface area contributed by atoms with Crippen molar-refractivity contribution >= 4 is 34.1 Å². The molecular weight excluding hydrogens is 376 g/mol. The number of rotatable bonds is 6. The molecule has 1 aliphatic rings. The Hall–Kier alpha value is -2.73. The lowest BCUT2D eigenvalue weighted by Gasteiger charge is -2.09. The van der Waals surface area contributed by atoms with Crippen LogP contribution >= 0.6 is 11.3 Å². The fourth-order valence-electron chi connectivity index (χ4n) is 3.57. The van der Waals surface area contributed by atoms with Gasteiger partial charge < -0.3 is 9.15 Å². The average Bonchev–Trinajstić information content (AvgIpc) is 3.30. The molecule has 1 aromatic carbocycles. The molecule has 2 aromatic heterocycles. The predicted molar refractivity (Wildman–Crippen MR) is 107 cm³/mol. The summed E-state index contributed by atoms with van der Waals surface area (Å²) in [7, 11) is 0. The van der Waals surface area contributed by atoms with Crippen molar-refractivity contribution in [2.45, 2.75) is 45.6 Å². The van der Waals surface area contributed by atoms with Crippen LogP contribution in [0.25, 0.3) is 11.0 Å². The summed E-state index contributed by atoms with van der Waals surface area (Å²) < 4.78 is 10.7. The van der Waals surface area contributed by atoms with Crippen LogP contribution in [-0.4, -0.2) is 11.8 Å². The number of esters is 1. The van der Waals surface area contributed by atoms with Crippen LogP contribution in [-0.2, 0) is 29.0 Å². The second kappa shape index (κ2) is 7.72. The summed E-state index contributed by atoms with van der Waals surface area (Å²) in [6.45, 7) is 1.93. The number of carbonyl (C=O) groups is 2. The van der Waals surface area contributed by atoms with Crippen LogP contribution in [0.4, 0.5) is 0 Å². The van der Waals surface area contributed by atoms with E-state index in [9.17, 15) is 14.4 Å². The lowest BCUT2D eigenvalue weighted by Crippen LogP contribution is -2.09. The van der Waals surface area contributed by atoms with Gasteiger partial charge in [0.15, 0.2) is 5.78 Å². The number of ketones is 1. The van der Waals surface area contributed by atoms with Crippen molar-refractivity contribution in [1.82, 2.24) is 0 Å². The van der Waals surface area contributed by atoms with E-state index in [1.54, 1.807) is 6.07 Å². The molecule has 3 aromatic rings. The van der Waals surface area contributed by atoms with Crippen molar-refractivity contribution in [2.75, 3.05) is 0 Å². The number of hydrogen-bond donors (Lipinski definition) is 0. The standard InChI is InChI=1S/C22H20O5S/c1-13-5-7-20(28-13)18(23)6-8-21(24)26-12-16-11-22(25)27-19-10-15-4-2-3-14(15)9-17(16)19/h5,7,9-11H,2-4,6,8,12H2,1H3. The van der Waals surface area contributed by atoms with Gasteiger partial charge in [0, 0.05) is 28.3 Å². The minimum atomic E-state index is -0.459. The van der Waals surface area contributed by atoms with E-state index >= 15 is 0 Å². The number of carbonyl (C=O) groups excluding carboxylic acids is 2. The number of aryl methyl sites for hydroxylation is 3. The van der Waals surface area contributed by atoms with Crippen molar-refractivity contribution < 1.29 is 18.7 Å². The van der Waals surface area contributed by atoms with Gasteiger partial charge in [0.25, 0.3) is 0 Å². The van der Waals surface area contributed by atoms with Gasteiger partial charge >= 0.3 is 11.6 Å². The van der Waals surface area contributed by atoms with E-state index < -0.39 is 11.6 Å². The number of ether oxygens (including phenoxy) is 1. The molecule has 0 N–H and O–H groups in total. The molecule has 0 unspecified atom stereocenters. The van der Waals surface area contributed by atoms with Gasteiger partial charge in [-0.25, -0.2) is 4.79 Å². The number of Topliss-reactive ketones (excluding diaryl/α,β-unsaturated/α-hetero) is 1. The van der Waals surface area contributed by atoms with Crippen LogP contribution in [0.3, 0.4) is 0 Å². The van der Waals surface area contributed by atoms with Crippen molar-refractivity contribution in [1.29, 1.82) is 0 Å². The third-order valence-corrected chi connectivity index (χ3v) is 6.04. The zero-order valence-corrected chi connectivity index (χ0v) is 16.4. The summed E-state index contributed by atoms with van der Waals surface area (Å²) >= 11 is 1.42. The van der Waals surface area contributed by atoms with E-state index in [0.29, 0.717) is 16.0 Å². The lowest BCUT2D eigenvalue weighted by molar-refractivity contribution is -0.144. The first kappa shape index (κ1) is 18.6. The number of thiophene rings is 1. The molecule has 0 amide bonds. The van der Waals surface area contributed by atoms with Gasteiger partial charge in [-0.3, -0.25) is 9.59 Å². The Balaban J connectivity index is 1.43. The monoisotopic (exact) mass is 396 g/mol. The molecule has 6 heteroatoms. The van der Waals surface area contributed by atoms with Crippen LogP contribution in [0.15, 0.2) is 39.5 Å². The van der Waals surface area contributed by atoms with Crippen LogP contribution in [0, 0.1) is 6.92 Å². The molecule has 5 nitrogen and oxygen atoms in total. The Labute approximate surface area is 165 Å². The summed E-state index contributed by atoms with van der Waals surface area (Å²) in [5.41, 5.74) is 3.18. The Kier molecular flexibility index (Phi) is 5.13. The third kappa shape index (κ3) is 3.92.